The van der Waals surface area contributed by atoms with Crippen LogP contribution < -0.4 is 14.4 Å². The molecule has 0 saturated heterocycles. The number of carbonyl (C=O) groups excluding carboxylic acids is 2. The fraction of sp³-hybridized carbons (Fsp3) is 0.394. The quantitative estimate of drug-likeness (QED) is 0.233. The van der Waals surface area contributed by atoms with Crippen LogP contribution in [0.15, 0.2) is 82.6 Å². The smallest absolute Gasteiger partial charge is 0.264 e. The Morgan fingerprint density at radius 1 is 0.977 bits per heavy atom. The highest BCUT2D eigenvalue weighted by Crippen LogP contribution is 2.33. The van der Waals surface area contributed by atoms with E-state index in [1.165, 1.54) is 28.8 Å². The first-order valence-corrected chi connectivity index (χ1v) is 17.0. The molecular weight excluding hydrogens is 583 g/mol. The van der Waals surface area contributed by atoms with Crippen LogP contribution in [0.5, 0.6) is 5.75 Å². The molecule has 0 heterocycles. The Balaban J connectivity index is 2.13. The maximum atomic E-state index is 14.3. The molecule has 3 aromatic rings. The number of carbonyl (C=O) groups is 2. The zero-order valence-electron chi connectivity index (χ0n) is 26.1. The summed E-state index contributed by atoms with van der Waals surface area (Å²) in [5.74, 6) is -0.467. The van der Waals surface area contributed by atoms with E-state index in [-0.39, 0.29) is 23.0 Å². The first-order chi connectivity index (χ1) is 20.3. The summed E-state index contributed by atoms with van der Waals surface area (Å²) < 4.78 is 35.3. The number of nitrogens with zero attached hydrogens (tertiary/aromatic N) is 2. The predicted octanol–water partition coefficient (Wildman–Crippen LogP) is 6.03. The van der Waals surface area contributed by atoms with E-state index in [1.807, 2.05) is 72.1 Å². The number of ether oxygens (including phenoxy) is 1. The number of hydrogen-bond donors (Lipinski definition) is 1. The third-order valence-electron chi connectivity index (χ3n) is 6.68. The highest BCUT2D eigenvalue weighted by Gasteiger charge is 2.35. The standard InChI is InChI=1S/C33H43N3O5S2/c1-8-28(32(38)34-33(4,5)6)35(22-25-14-12-13-24(3)21-25)31(37)23-36(29-15-10-11-16-30(29)41-9-2)43(39,40)27-19-17-26(42-7)18-20-27/h10-21,28H,8-9,22-23H2,1-7H3,(H,34,38)/t28-/m1/s1. The van der Waals surface area contributed by atoms with Crippen LogP contribution in [-0.2, 0) is 26.2 Å². The average Bonchev–Trinajstić information content (AvgIpc) is 2.95. The van der Waals surface area contributed by atoms with Crippen molar-refractivity contribution in [3.05, 3.63) is 83.9 Å². The lowest BCUT2D eigenvalue weighted by molar-refractivity contribution is -0.141. The Morgan fingerprint density at radius 3 is 2.23 bits per heavy atom. The number of hydrogen-bond acceptors (Lipinski definition) is 6. The monoisotopic (exact) mass is 625 g/mol. The van der Waals surface area contributed by atoms with E-state index in [1.54, 1.807) is 36.4 Å². The van der Waals surface area contributed by atoms with Crippen LogP contribution in [0.3, 0.4) is 0 Å². The van der Waals surface area contributed by atoms with Crippen molar-refractivity contribution in [2.75, 3.05) is 23.7 Å². The molecule has 232 valence electrons. The van der Waals surface area contributed by atoms with Crippen LogP contribution in [0, 0.1) is 6.92 Å². The zero-order chi connectivity index (χ0) is 31.8. The normalized spacial score (nSPS) is 12.3. The van der Waals surface area contributed by atoms with Crippen molar-refractivity contribution in [1.29, 1.82) is 0 Å². The molecule has 0 radical (unpaired) electrons. The van der Waals surface area contributed by atoms with Gasteiger partial charge in [0.05, 0.1) is 17.2 Å². The lowest BCUT2D eigenvalue weighted by Gasteiger charge is -2.35. The molecule has 0 aliphatic heterocycles. The minimum Gasteiger partial charge on any atom is -0.492 e. The second kappa shape index (κ2) is 14.8. The van der Waals surface area contributed by atoms with Gasteiger partial charge >= 0.3 is 0 Å². The molecule has 0 fully saturated rings. The van der Waals surface area contributed by atoms with Crippen LogP contribution in [0.25, 0.3) is 0 Å². The maximum Gasteiger partial charge on any atom is 0.264 e. The number of aryl methyl sites for hydroxylation is 1. The molecular formula is C33H43N3O5S2. The largest absolute Gasteiger partial charge is 0.492 e. The van der Waals surface area contributed by atoms with E-state index in [0.29, 0.717) is 18.8 Å². The molecule has 8 nitrogen and oxygen atoms in total. The number of para-hydroxylation sites is 2. The van der Waals surface area contributed by atoms with Crippen molar-refractivity contribution in [2.24, 2.45) is 0 Å². The van der Waals surface area contributed by atoms with Crippen LogP contribution >= 0.6 is 11.8 Å². The van der Waals surface area contributed by atoms with Gasteiger partial charge in [0.2, 0.25) is 11.8 Å². The molecule has 0 saturated carbocycles. The molecule has 10 heteroatoms. The van der Waals surface area contributed by atoms with Crippen LogP contribution in [0.1, 0.15) is 52.2 Å². The Morgan fingerprint density at radius 2 is 1.65 bits per heavy atom. The van der Waals surface area contributed by atoms with E-state index in [4.69, 9.17) is 4.74 Å². The van der Waals surface area contributed by atoms with Gasteiger partial charge in [-0.1, -0.05) is 48.9 Å². The van der Waals surface area contributed by atoms with Crippen LogP contribution in [0.4, 0.5) is 5.69 Å². The summed E-state index contributed by atoms with van der Waals surface area (Å²) in [5.41, 5.74) is 1.58. The molecule has 3 aromatic carbocycles. The first kappa shape index (κ1) is 34.0. The first-order valence-electron chi connectivity index (χ1n) is 14.4. The summed E-state index contributed by atoms with van der Waals surface area (Å²) in [7, 11) is -4.21. The lowest BCUT2D eigenvalue weighted by atomic mass is 10.0. The van der Waals surface area contributed by atoms with Gasteiger partial charge in [-0.3, -0.25) is 13.9 Å². The van der Waals surface area contributed by atoms with Crippen molar-refractivity contribution in [1.82, 2.24) is 10.2 Å². The molecule has 0 aliphatic carbocycles. The Labute approximate surface area is 260 Å². The Hall–Kier alpha value is -3.50. The number of nitrogens with one attached hydrogen (secondary N) is 1. The number of thioether (sulfide) groups is 1. The predicted molar refractivity (Wildman–Crippen MR) is 174 cm³/mol. The zero-order valence-corrected chi connectivity index (χ0v) is 27.7. The van der Waals surface area contributed by atoms with Crippen molar-refractivity contribution < 1.29 is 22.7 Å². The third-order valence-corrected chi connectivity index (χ3v) is 9.20. The van der Waals surface area contributed by atoms with Crippen LogP contribution in [-0.4, -0.2) is 56.1 Å². The maximum absolute atomic E-state index is 14.3. The van der Waals surface area contributed by atoms with Gasteiger partial charge in [-0.2, -0.15) is 0 Å². The molecule has 0 aromatic heterocycles. The van der Waals surface area contributed by atoms with Gasteiger partial charge in [0.1, 0.15) is 18.3 Å². The van der Waals surface area contributed by atoms with Crippen molar-refractivity contribution in [3.8, 4) is 5.75 Å². The second-order valence-electron chi connectivity index (χ2n) is 11.3. The van der Waals surface area contributed by atoms with Gasteiger partial charge in [-0.25, -0.2) is 8.42 Å². The Kier molecular flexibility index (Phi) is 11.7. The van der Waals surface area contributed by atoms with E-state index in [9.17, 15) is 18.0 Å². The summed E-state index contributed by atoms with van der Waals surface area (Å²) >= 11 is 1.50. The van der Waals surface area contributed by atoms with E-state index in [2.05, 4.69) is 5.32 Å². The van der Waals surface area contributed by atoms with E-state index >= 15 is 0 Å². The molecule has 2 amide bonds. The molecule has 1 N–H and O–H groups in total. The molecule has 0 unspecified atom stereocenters. The highest BCUT2D eigenvalue weighted by atomic mass is 32.2. The summed E-state index contributed by atoms with van der Waals surface area (Å²) in [6.45, 7) is 11.2. The van der Waals surface area contributed by atoms with Gasteiger partial charge < -0.3 is 15.0 Å². The van der Waals surface area contributed by atoms with Gasteiger partial charge in [0.25, 0.3) is 10.0 Å². The van der Waals surface area contributed by atoms with E-state index in [0.717, 1.165) is 20.3 Å². The summed E-state index contributed by atoms with van der Waals surface area (Å²) in [4.78, 5) is 30.3. The number of sulfonamides is 1. The molecule has 0 bridgehead atoms. The fourth-order valence-electron chi connectivity index (χ4n) is 4.71. The molecule has 3 rings (SSSR count). The van der Waals surface area contributed by atoms with Gasteiger partial charge in [0.15, 0.2) is 0 Å². The molecule has 0 aliphatic rings. The SMILES string of the molecule is CCOc1ccccc1N(CC(=O)N(Cc1cccc(C)c1)[C@H](CC)C(=O)NC(C)(C)C)S(=O)(=O)c1ccc(SC)cc1. The molecule has 0 spiro atoms. The fourth-order valence-corrected chi connectivity index (χ4v) is 6.54. The van der Waals surface area contributed by atoms with Gasteiger partial charge in [-0.15, -0.1) is 11.8 Å². The van der Waals surface area contributed by atoms with E-state index < -0.39 is 34.1 Å². The minimum atomic E-state index is -4.21. The second-order valence-corrected chi connectivity index (χ2v) is 14.0. The van der Waals surface area contributed by atoms with Crippen LogP contribution in [0.2, 0.25) is 0 Å². The molecule has 43 heavy (non-hydrogen) atoms. The summed E-state index contributed by atoms with van der Waals surface area (Å²) in [6, 6.07) is 20.2. The summed E-state index contributed by atoms with van der Waals surface area (Å²) in [5, 5.41) is 2.99. The minimum absolute atomic E-state index is 0.0483. The number of benzene rings is 3. The topological polar surface area (TPSA) is 96.0 Å². The van der Waals surface area contributed by atoms with Gasteiger partial charge in [-0.05, 0) is 89.3 Å². The molecule has 1 atom stereocenters. The van der Waals surface area contributed by atoms with Crippen molar-refractivity contribution in [3.63, 3.8) is 0 Å². The van der Waals surface area contributed by atoms with Crippen molar-refractivity contribution >= 4 is 39.3 Å². The lowest BCUT2D eigenvalue weighted by Crippen LogP contribution is -2.55. The third kappa shape index (κ3) is 9.00. The van der Waals surface area contributed by atoms with Crippen molar-refractivity contribution in [2.45, 2.75) is 75.9 Å². The Bertz CT molecular complexity index is 1500. The summed E-state index contributed by atoms with van der Waals surface area (Å²) in [6.07, 6.45) is 2.26. The number of rotatable bonds is 13. The number of anilines is 1. The highest BCUT2D eigenvalue weighted by molar-refractivity contribution is 7.98. The van der Waals surface area contributed by atoms with Gasteiger partial charge in [0, 0.05) is 17.0 Å². The number of amides is 2. The average molecular weight is 626 g/mol.